The Morgan fingerprint density at radius 1 is 1.03 bits per heavy atom. The minimum atomic E-state index is -1.45. The molecule has 9 heteroatoms. The maximum atomic E-state index is 13.9. The summed E-state index contributed by atoms with van der Waals surface area (Å²) in [5.74, 6) is -1.98. The Morgan fingerprint density at radius 3 is 2.37 bits per heavy atom. The van der Waals surface area contributed by atoms with Crippen molar-refractivity contribution in [1.82, 2.24) is 9.80 Å². The highest BCUT2D eigenvalue weighted by molar-refractivity contribution is 6.00. The normalized spacial score (nSPS) is 17.7. The first-order chi connectivity index (χ1) is 18.0. The Balaban J connectivity index is 1.69. The Kier molecular flexibility index (Phi) is 7.99. The predicted octanol–water partition coefficient (Wildman–Crippen LogP) is 4.59. The van der Waals surface area contributed by atoms with Gasteiger partial charge in [0.25, 0.3) is 5.91 Å². The fraction of sp³-hybridized carbons (Fsp3) is 0.345. The van der Waals surface area contributed by atoms with Gasteiger partial charge in [0.05, 0.1) is 30.0 Å². The molecule has 0 saturated carbocycles. The van der Waals surface area contributed by atoms with Crippen molar-refractivity contribution < 1.29 is 27.8 Å². The van der Waals surface area contributed by atoms with E-state index in [1.165, 1.54) is 30.2 Å². The highest BCUT2D eigenvalue weighted by atomic mass is 19.2. The average Bonchev–Trinajstić information content (AvgIpc) is 2.89. The zero-order valence-electron chi connectivity index (χ0n) is 21.9. The second-order valence-corrected chi connectivity index (χ2v) is 9.98. The van der Waals surface area contributed by atoms with Gasteiger partial charge in [-0.05, 0) is 60.5 Å². The molecule has 1 amide bonds. The molecular formula is C29H32F3N3O3. The average molecular weight is 528 g/mol. The van der Waals surface area contributed by atoms with Gasteiger partial charge in [0.2, 0.25) is 0 Å². The molecule has 1 N–H and O–H groups in total. The maximum Gasteiger partial charge on any atom is 0.255 e. The number of ether oxygens (including phenoxy) is 1. The number of rotatable bonds is 7. The number of carbonyl (C=O) groups is 1. The second kappa shape index (κ2) is 11.0. The molecule has 38 heavy (non-hydrogen) atoms. The number of hydrogen-bond donors (Lipinski definition) is 1. The molecule has 202 valence electrons. The largest absolute Gasteiger partial charge is 0.497 e. The summed E-state index contributed by atoms with van der Waals surface area (Å²) in [7, 11) is 4.90. The zero-order chi connectivity index (χ0) is 27.6. The van der Waals surface area contributed by atoms with E-state index in [-0.39, 0.29) is 29.9 Å². The van der Waals surface area contributed by atoms with Crippen LogP contribution in [0, 0.1) is 17.5 Å². The summed E-state index contributed by atoms with van der Waals surface area (Å²) in [4.78, 5) is 18.8. The van der Waals surface area contributed by atoms with E-state index in [1.54, 1.807) is 45.3 Å². The number of carbonyl (C=O) groups excluding carboxylic acids is 1. The van der Waals surface area contributed by atoms with Crippen LogP contribution in [0.5, 0.6) is 5.75 Å². The molecule has 2 atom stereocenters. The molecule has 0 unspecified atom stereocenters. The van der Waals surface area contributed by atoms with Gasteiger partial charge in [-0.25, -0.2) is 13.2 Å². The molecule has 0 aliphatic carbocycles. The van der Waals surface area contributed by atoms with Gasteiger partial charge in [0.15, 0.2) is 11.6 Å². The molecule has 1 aliphatic rings. The molecule has 4 rings (SSSR count). The summed E-state index contributed by atoms with van der Waals surface area (Å²) in [6.45, 7) is 3.19. The minimum Gasteiger partial charge on any atom is -0.497 e. The number of anilines is 1. The number of halogens is 3. The number of methoxy groups -OCH3 is 1. The lowest BCUT2D eigenvalue weighted by atomic mass is 9.93. The maximum absolute atomic E-state index is 13.9. The highest BCUT2D eigenvalue weighted by Gasteiger charge is 2.35. The van der Waals surface area contributed by atoms with E-state index in [0.717, 1.165) is 17.7 Å². The smallest absolute Gasteiger partial charge is 0.255 e. The quantitative estimate of drug-likeness (QED) is 0.488. The molecule has 6 nitrogen and oxygen atoms in total. The van der Waals surface area contributed by atoms with Gasteiger partial charge in [0.1, 0.15) is 11.6 Å². The lowest BCUT2D eigenvalue weighted by molar-refractivity contribution is 0.00997. The van der Waals surface area contributed by atoms with Gasteiger partial charge in [-0.3, -0.25) is 9.69 Å². The first-order valence-electron chi connectivity index (χ1n) is 12.3. The van der Waals surface area contributed by atoms with Gasteiger partial charge < -0.3 is 19.6 Å². The van der Waals surface area contributed by atoms with Crippen molar-refractivity contribution in [3.63, 3.8) is 0 Å². The summed E-state index contributed by atoms with van der Waals surface area (Å²) in [5, 5.41) is 11.2. The summed E-state index contributed by atoms with van der Waals surface area (Å²) >= 11 is 0. The first kappa shape index (κ1) is 27.5. The summed E-state index contributed by atoms with van der Waals surface area (Å²) < 4.78 is 46.5. The monoisotopic (exact) mass is 527 g/mol. The van der Waals surface area contributed by atoms with Gasteiger partial charge >= 0.3 is 0 Å². The third-order valence-electron chi connectivity index (χ3n) is 6.94. The third kappa shape index (κ3) is 5.79. The van der Waals surface area contributed by atoms with E-state index < -0.39 is 17.2 Å². The van der Waals surface area contributed by atoms with Crippen molar-refractivity contribution in [2.45, 2.75) is 18.6 Å². The van der Waals surface area contributed by atoms with E-state index in [9.17, 15) is 23.1 Å². The van der Waals surface area contributed by atoms with Crippen molar-refractivity contribution >= 4 is 11.6 Å². The van der Waals surface area contributed by atoms with E-state index in [1.807, 2.05) is 11.0 Å². The number of aliphatic hydroxyl groups is 1. The van der Waals surface area contributed by atoms with E-state index in [4.69, 9.17) is 4.74 Å². The fourth-order valence-electron chi connectivity index (χ4n) is 4.90. The fourth-order valence-corrected chi connectivity index (χ4v) is 4.90. The van der Waals surface area contributed by atoms with Gasteiger partial charge in [-0.15, -0.1) is 0 Å². The molecule has 3 aromatic rings. The van der Waals surface area contributed by atoms with E-state index in [0.29, 0.717) is 36.6 Å². The van der Waals surface area contributed by atoms with Crippen molar-refractivity contribution in [3.8, 4) is 5.75 Å². The molecule has 1 saturated heterocycles. The number of amides is 1. The van der Waals surface area contributed by atoms with Gasteiger partial charge in [-0.2, -0.15) is 0 Å². The van der Waals surface area contributed by atoms with Crippen molar-refractivity contribution in [2.24, 2.45) is 0 Å². The molecular weight excluding hydrogens is 495 g/mol. The molecule has 0 aromatic heterocycles. The van der Waals surface area contributed by atoms with Crippen LogP contribution in [0.25, 0.3) is 0 Å². The Bertz CT molecular complexity index is 1300. The molecule has 3 aromatic carbocycles. The number of piperazine rings is 1. The molecule has 1 heterocycles. The Hall–Kier alpha value is -3.56. The summed E-state index contributed by atoms with van der Waals surface area (Å²) in [5.41, 5.74) is 0.847. The molecule has 0 bridgehead atoms. The van der Waals surface area contributed by atoms with Gasteiger partial charge in [0, 0.05) is 40.3 Å². The number of nitrogens with zero attached hydrogens (tertiary/aromatic N) is 3. The van der Waals surface area contributed by atoms with Crippen LogP contribution in [0.3, 0.4) is 0 Å². The number of hydrogen-bond acceptors (Lipinski definition) is 5. The predicted molar refractivity (Wildman–Crippen MR) is 140 cm³/mol. The third-order valence-corrected chi connectivity index (χ3v) is 6.94. The first-order valence-corrected chi connectivity index (χ1v) is 12.3. The van der Waals surface area contributed by atoms with Crippen molar-refractivity contribution in [1.29, 1.82) is 0 Å². The van der Waals surface area contributed by atoms with Crippen molar-refractivity contribution in [2.75, 3.05) is 52.3 Å². The summed E-state index contributed by atoms with van der Waals surface area (Å²) in [6.07, 6.45) is 0. The number of benzene rings is 3. The standard InChI is InChI=1S/C29H32F3N3O3/c1-29(37,20-7-11-24(31)25(32)15-20)18-34-13-14-35(27(17-34)19-5-8-21(30)9-6-19)26-12-10-22(38-4)16-23(26)28(36)33(2)3/h5-12,15-16,27,37H,13-14,17-18H2,1-4H3/t27-,29+/m0/s1. The van der Waals surface area contributed by atoms with Crippen LogP contribution < -0.4 is 9.64 Å². The van der Waals surface area contributed by atoms with Crippen LogP contribution in [0.2, 0.25) is 0 Å². The number of β-amino-alcohol motifs (C(OH)–C–C–N with tert-alkyl or cyclic N) is 1. The van der Waals surface area contributed by atoms with E-state index in [2.05, 4.69) is 4.90 Å². The van der Waals surface area contributed by atoms with Crippen molar-refractivity contribution in [3.05, 3.63) is 94.8 Å². The Labute approximate surface area is 220 Å². The van der Waals surface area contributed by atoms with Crippen LogP contribution in [-0.4, -0.2) is 68.2 Å². The lowest BCUT2D eigenvalue weighted by Gasteiger charge is -2.45. The van der Waals surface area contributed by atoms with Gasteiger partial charge in [-0.1, -0.05) is 18.2 Å². The minimum absolute atomic E-state index is 0.162. The van der Waals surface area contributed by atoms with Crippen LogP contribution in [0.4, 0.5) is 18.9 Å². The lowest BCUT2D eigenvalue weighted by Crippen LogP contribution is -2.52. The summed E-state index contributed by atoms with van der Waals surface area (Å²) in [6, 6.07) is 14.7. The molecule has 1 aliphatic heterocycles. The van der Waals surface area contributed by atoms with Crippen LogP contribution in [0.15, 0.2) is 60.7 Å². The van der Waals surface area contributed by atoms with E-state index >= 15 is 0 Å². The van der Waals surface area contributed by atoms with Crippen LogP contribution in [0.1, 0.15) is 34.5 Å². The highest BCUT2D eigenvalue weighted by Crippen LogP contribution is 2.36. The SMILES string of the molecule is COc1ccc(N2CCN(C[C@@](C)(O)c3ccc(F)c(F)c3)C[C@H]2c2ccc(F)cc2)c(C(=O)N(C)C)c1. The molecule has 1 fully saturated rings. The van der Waals surface area contributed by atoms with Crippen LogP contribution in [-0.2, 0) is 5.60 Å². The zero-order valence-corrected chi connectivity index (χ0v) is 21.9. The molecule has 0 spiro atoms. The molecule has 0 radical (unpaired) electrons. The Morgan fingerprint density at radius 2 is 1.74 bits per heavy atom. The van der Waals surface area contributed by atoms with Crippen LogP contribution >= 0.6 is 0 Å². The second-order valence-electron chi connectivity index (χ2n) is 9.98. The topological polar surface area (TPSA) is 56.2 Å².